The van der Waals surface area contributed by atoms with E-state index >= 15 is 0 Å². The molecule has 0 atom stereocenters. The molecule has 0 aliphatic rings. The Morgan fingerprint density at radius 3 is 2.41 bits per heavy atom. The highest BCUT2D eigenvalue weighted by atomic mass is 32.2. The highest BCUT2D eigenvalue weighted by Crippen LogP contribution is 2.23. The Morgan fingerprint density at radius 1 is 1.07 bits per heavy atom. The summed E-state index contributed by atoms with van der Waals surface area (Å²) in [5.41, 5.74) is 0.688. The minimum absolute atomic E-state index is 0.108. The lowest BCUT2D eigenvalue weighted by Crippen LogP contribution is -2.11. The van der Waals surface area contributed by atoms with Gasteiger partial charge < -0.3 is 0 Å². The minimum Gasteiger partial charge on any atom is -0.289 e. The van der Waals surface area contributed by atoms with Crippen molar-refractivity contribution in [3.8, 4) is 0 Å². The van der Waals surface area contributed by atoms with Crippen LogP contribution in [-0.2, 0) is 16.4 Å². The summed E-state index contributed by atoms with van der Waals surface area (Å²) in [7, 11) is -3.83. The molecule has 138 valence electrons. The summed E-state index contributed by atoms with van der Waals surface area (Å²) < 4.78 is 26.6. The van der Waals surface area contributed by atoms with Crippen LogP contribution < -0.4 is 0 Å². The van der Waals surface area contributed by atoms with Gasteiger partial charge in [0.1, 0.15) is 0 Å². The van der Waals surface area contributed by atoms with Gasteiger partial charge in [0.25, 0.3) is 15.7 Å². The molecule has 0 fully saturated rings. The number of hydrogen-bond acceptors (Lipinski definition) is 5. The first-order chi connectivity index (χ1) is 12.8. The van der Waals surface area contributed by atoms with E-state index in [2.05, 4.69) is 0 Å². The summed E-state index contributed by atoms with van der Waals surface area (Å²) in [6.07, 6.45) is 3.11. The molecular weight excluding hydrogens is 368 g/mol. The number of aryl methyl sites for hydroxylation is 1. The molecule has 0 saturated carbocycles. The van der Waals surface area contributed by atoms with Crippen LogP contribution in [0.3, 0.4) is 0 Å². The Hall–Kier alpha value is -3.26. The summed E-state index contributed by atoms with van der Waals surface area (Å²) in [5.74, 6) is -0.461. The Bertz CT molecular complexity index is 1120. The van der Waals surface area contributed by atoms with Crippen molar-refractivity contribution in [1.29, 1.82) is 0 Å². The van der Waals surface area contributed by atoms with E-state index in [1.807, 2.05) is 0 Å². The second-order valence-corrected chi connectivity index (χ2v) is 7.68. The number of nitro benzene ring substituents is 1. The quantitative estimate of drug-likeness (QED) is 0.368. The summed E-state index contributed by atoms with van der Waals surface area (Å²) in [5, 5.41) is 10.9. The molecule has 3 aromatic rings. The van der Waals surface area contributed by atoms with E-state index in [4.69, 9.17) is 0 Å². The highest BCUT2D eigenvalue weighted by Gasteiger charge is 2.23. The maximum atomic E-state index is 12.8. The summed E-state index contributed by atoms with van der Waals surface area (Å²) in [4.78, 5) is 23.3. The van der Waals surface area contributed by atoms with Gasteiger partial charge in [0, 0.05) is 35.7 Å². The van der Waals surface area contributed by atoms with Gasteiger partial charge in [-0.2, -0.15) is 0 Å². The van der Waals surface area contributed by atoms with Crippen molar-refractivity contribution < 1.29 is 18.1 Å². The first-order valence-corrected chi connectivity index (χ1v) is 9.59. The van der Waals surface area contributed by atoms with E-state index < -0.39 is 20.7 Å². The fraction of sp³-hybridized carbons (Fsp3) is 0.105. The number of nitro groups is 1. The fourth-order valence-corrected chi connectivity index (χ4v) is 3.98. The van der Waals surface area contributed by atoms with E-state index in [1.54, 1.807) is 25.1 Å². The Morgan fingerprint density at radius 2 is 1.78 bits per heavy atom. The molecule has 0 bridgehead atoms. The largest absolute Gasteiger partial charge is 0.289 e. The molecule has 0 spiro atoms. The third kappa shape index (κ3) is 3.52. The highest BCUT2D eigenvalue weighted by molar-refractivity contribution is 7.90. The van der Waals surface area contributed by atoms with Gasteiger partial charge in [-0.05, 0) is 24.1 Å². The van der Waals surface area contributed by atoms with Gasteiger partial charge in [0.2, 0.25) is 0 Å². The molecule has 3 rings (SSSR count). The number of rotatable bonds is 6. The van der Waals surface area contributed by atoms with Crippen molar-refractivity contribution in [1.82, 2.24) is 3.97 Å². The number of carbonyl (C=O) groups excluding carboxylic acids is 1. The van der Waals surface area contributed by atoms with Crippen molar-refractivity contribution in [3.05, 3.63) is 93.8 Å². The average Bonchev–Trinajstić information content (AvgIpc) is 3.13. The lowest BCUT2D eigenvalue weighted by Gasteiger charge is -2.05. The molecule has 1 heterocycles. The van der Waals surface area contributed by atoms with E-state index in [-0.39, 0.29) is 21.7 Å². The topological polar surface area (TPSA) is 99.3 Å². The van der Waals surface area contributed by atoms with Crippen LogP contribution in [0.2, 0.25) is 0 Å². The summed E-state index contributed by atoms with van der Waals surface area (Å²) in [6, 6.07) is 13.3. The monoisotopic (exact) mass is 384 g/mol. The zero-order valence-electron chi connectivity index (χ0n) is 14.4. The van der Waals surface area contributed by atoms with Gasteiger partial charge in [-0.1, -0.05) is 37.3 Å². The molecule has 0 radical (unpaired) electrons. The van der Waals surface area contributed by atoms with Gasteiger partial charge >= 0.3 is 0 Å². The number of carbonyl (C=O) groups is 1. The molecule has 0 unspecified atom stereocenters. The second kappa shape index (κ2) is 7.16. The predicted octanol–water partition coefficient (Wildman–Crippen LogP) is 3.43. The van der Waals surface area contributed by atoms with Crippen LogP contribution in [0.1, 0.15) is 28.4 Å². The number of aromatic nitrogens is 1. The smallest absolute Gasteiger partial charge is 0.270 e. The SMILES string of the molecule is CCc1cn(S(=O)(=O)c2ccccc2)cc1C(=O)c1cccc([N+](=O)[O-])c1. The van der Waals surface area contributed by atoms with E-state index in [0.717, 1.165) is 3.97 Å². The third-order valence-electron chi connectivity index (χ3n) is 4.15. The Labute approximate surface area is 156 Å². The van der Waals surface area contributed by atoms with Crippen LogP contribution >= 0.6 is 0 Å². The van der Waals surface area contributed by atoms with Crippen LogP contribution in [0.5, 0.6) is 0 Å². The normalized spacial score (nSPS) is 11.3. The molecule has 2 aromatic carbocycles. The molecule has 7 nitrogen and oxygen atoms in total. The van der Waals surface area contributed by atoms with Crippen molar-refractivity contribution in [2.75, 3.05) is 0 Å². The number of non-ortho nitro benzene ring substituents is 1. The Kier molecular flexibility index (Phi) is 4.91. The van der Waals surface area contributed by atoms with Crippen molar-refractivity contribution in [2.45, 2.75) is 18.2 Å². The number of benzene rings is 2. The lowest BCUT2D eigenvalue weighted by molar-refractivity contribution is -0.384. The maximum absolute atomic E-state index is 12.8. The molecule has 0 aliphatic carbocycles. The minimum atomic E-state index is -3.83. The van der Waals surface area contributed by atoms with Crippen LogP contribution in [0, 0.1) is 10.1 Å². The first-order valence-electron chi connectivity index (χ1n) is 8.15. The summed E-state index contributed by atoms with van der Waals surface area (Å²) >= 11 is 0. The first kappa shape index (κ1) is 18.5. The molecule has 8 heteroatoms. The Balaban J connectivity index is 2.06. The predicted molar refractivity (Wildman–Crippen MR) is 99.4 cm³/mol. The third-order valence-corrected chi connectivity index (χ3v) is 5.78. The zero-order valence-corrected chi connectivity index (χ0v) is 15.2. The maximum Gasteiger partial charge on any atom is 0.270 e. The van der Waals surface area contributed by atoms with Gasteiger partial charge in [0.15, 0.2) is 5.78 Å². The standard InChI is InChI=1S/C19H16N2O5S/c1-2-14-12-20(27(25,26)17-9-4-3-5-10-17)13-18(14)19(22)15-7-6-8-16(11-15)21(23)24/h3-13H,2H2,1H3. The molecule has 0 amide bonds. The van der Waals surface area contributed by atoms with E-state index in [9.17, 15) is 23.3 Å². The molecule has 1 aromatic heterocycles. The van der Waals surface area contributed by atoms with Crippen molar-refractivity contribution >= 4 is 21.5 Å². The van der Waals surface area contributed by atoms with Crippen LogP contribution in [0.25, 0.3) is 0 Å². The average molecular weight is 384 g/mol. The van der Waals surface area contributed by atoms with Crippen LogP contribution in [0.15, 0.2) is 71.9 Å². The number of ketones is 1. The van der Waals surface area contributed by atoms with Gasteiger partial charge in [-0.3, -0.25) is 14.9 Å². The molecule has 27 heavy (non-hydrogen) atoms. The molecular formula is C19H16N2O5S. The van der Waals surface area contributed by atoms with E-state index in [1.165, 1.54) is 48.8 Å². The molecule has 0 saturated heterocycles. The van der Waals surface area contributed by atoms with Crippen molar-refractivity contribution in [3.63, 3.8) is 0 Å². The summed E-state index contributed by atoms with van der Waals surface area (Å²) in [6.45, 7) is 1.80. The van der Waals surface area contributed by atoms with Gasteiger partial charge in [0.05, 0.1) is 9.82 Å². The number of nitrogens with zero attached hydrogens (tertiary/aromatic N) is 2. The second-order valence-electron chi connectivity index (χ2n) is 5.84. The lowest BCUT2D eigenvalue weighted by atomic mass is 10.0. The fourth-order valence-electron chi connectivity index (χ4n) is 2.73. The molecule has 0 aliphatic heterocycles. The molecule has 0 N–H and O–H groups in total. The van der Waals surface area contributed by atoms with Crippen molar-refractivity contribution in [2.24, 2.45) is 0 Å². The van der Waals surface area contributed by atoms with Crippen LogP contribution in [0.4, 0.5) is 5.69 Å². The number of hydrogen-bond donors (Lipinski definition) is 0. The van der Waals surface area contributed by atoms with Gasteiger partial charge in [-0.15, -0.1) is 0 Å². The van der Waals surface area contributed by atoms with Gasteiger partial charge in [-0.25, -0.2) is 12.4 Å². The van der Waals surface area contributed by atoms with Crippen LogP contribution in [-0.4, -0.2) is 23.1 Å². The zero-order chi connectivity index (χ0) is 19.6. The van der Waals surface area contributed by atoms with E-state index in [0.29, 0.717) is 12.0 Å².